The number of rotatable bonds is 14. The topological polar surface area (TPSA) is 114 Å². The van der Waals surface area contributed by atoms with Crippen molar-refractivity contribution < 1.29 is 34.0 Å². The Balaban J connectivity index is 2.74. The molecule has 0 aliphatic carbocycles. The zero-order chi connectivity index (χ0) is 25.0. The standard InChI is InChI=1S/C25H41NO7/c1-17(2)15-32-22(18(3)27)20(14-19-10-8-7-9-11-19)16-31-13-12-21(23(28)29)26-24(30)33-25(4,5)6/h7-11,17-18,20-22,27H,12-16H2,1-6H3,(H,26,30)(H,28,29)/t18-,20-,21?,22-/m0/s1. The number of hydrogen-bond acceptors (Lipinski definition) is 6. The first kappa shape index (κ1) is 28.9. The second-order valence-corrected chi connectivity index (χ2v) is 9.78. The first-order valence-electron chi connectivity index (χ1n) is 11.5. The quantitative estimate of drug-likeness (QED) is 0.358. The predicted octanol–water partition coefficient (Wildman–Crippen LogP) is 3.65. The molecule has 0 saturated carbocycles. The minimum Gasteiger partial charge on any atom is -0.480 e. The lowest BCUT2D eigenvalue weighted by molar-refractivity contribution is -0.140. The van der Waals surface area contributed by atoms with Gasteiger partial charge in [0.05, 0.1) is 18.8 Å². The van der Waals surface area contributed by atoms with Crippen LogP contribution in [0.4, 0.5) is 4.79 Å². The summed E-state index contributed by atoms with van der Waals surface area (Å²) in [6.45, 7) is 11.8. The number of amides is 1. The third-order valence-electron chi connectivity index (χ3n) is 4.77. The molecule has 0 saturated heterocycles. The van der Waals surface area contributed by atoms with E-state index < -0.39 is 35.9 Å². The third-order valence-corrected chi connectivity index (χ3v) is 4.77. The molecule has 0 fully saturated rings. The zero-order valence-corrected chi connectivity index (χ0v) is 20.7. The van der Waals surface area contributed by atoms with E-state index in [4.69, 9.17) is 14.2 Å². The summed E-state index contributed by atoms with van der Waals surface area (Å²) in [6, 6.07) is 8.76. The normalized spacial score (nSPS) is 15.5. The van der Waals surface area contributed by atoms with E-state index in [9.17, 15) is 19.8 Å². The van der Waals surface area contributed by atoms with Gasteiger partial charge in [-0.25, -0.2) is 9.59 Å². The molecule has 0 radical (unpaired) electrons. The first-order valence-corrected chi connectivity index (χ1v) is 11.5. The molecule has 0 aliphatic heterocycles. The molecular weight excluding hydrogens is 426 g/mol. The Kier molecular flexibility index (Phi) is 12.4. The molecule has 33 heavy (non-hydrogen) atoms. The average Bonchev–Trinajstić information content (AvgIpc) is 2.68. The number of carbonyl (C=O) groups is 2. The van der Waals surface area contributed by atoms with E-state index in [0.29, 0.717) is 18.9 Å². The van der Waals surface area contributed by atoms with Gasteiger partial charge in [0.1, 0.15) is 11.6 Å². The van der Waals surface area contributed by atoms with Crippen LogP contribution in [-0.2, 0) is 25.4 Å². The van der Waals surface area contributed by atoms with Crippen LogP contribution in [0, 0.1) is 11.8 Å². The van der Waals surface area contributed by atoms with Crippen LogP contribution >= 0.6 is 0 Å². The molecule has 8 nitrogen and oxygen atoms in total. The van der Waals surface area contributed by atoms with E-state index in [1.54, 1.807) is 27.7 Å². The van der Waals surface area contributed by atoms with Crippen LogP contribution < -0.4 is 5.32 Å². The van der Waals surface area contributed by atoms with Gasteiger partial charge in [0, 0.05) is 25.6 Å². The summed E-state index contributed by atoms with van der Waals surface area (Å²) in [4.78, 5) is 23.5. The van der Waals surface area contributed by atoms with Gasteiger partial charge in [-0.1, -0.05) is 44.2 Å². The molecule has 0 spiro atoms. The molecule has 3 N–H and O–H groups in total. The van der Waals surface area contributed by atoms with Crippen molar-refractivity contribution >= 4 is 12.1 Å². The number of hydrogen-bond donors (Lipinski definition) is 3. The number of carboxylic acids is 1. The fraction of sp³-hybridized carbons (Fsp3) is 0.680. The van der Waals surface area contributed by atoms with Crippen LogP contribution in [0.3, 0.4) is 0 Å². The Morgan fingerprint density at radius 1 is 1.06 bits per heavy atom. The first-order chi connectivity index (χ1) is 15.4. The van der Waals surface area contributed by atoms with E-state index in [0.717, 1.165) is 5.56 Å². The van der Waals surface area contributed by atoms with E-state index in [1.807, 2.05) is 44.2 Å². The Morgan fingerprint density at radius 3 is 2.21 bits per heavy atom. The fourth-order valence-electron chi connectivity index (χ4n) is 3.30. The molecular formula is C25H41NO7. The summed E-state index contributed by atoms with van der Waals surface area (Å²) >= 11 is 0. The molecule has 188 valence electrons. The Labute approximate surface area is 197 Å². The monoisotopic (exact) mass is 467 g/mol. The van der Waals surface area contributed by atoms with Gasteiger partial charge in [0.15, 0.2) is 0 Å². The number of ether oxygens (including phenoxy) is 3. The van der Waals surface area contributed by atoms with Crippen molar-refractivity contribution in [3.8, 4) is 0 Å². The Morgan fingerprint density at radius 2 is 1.70 bits per heavy atom. The highest BCUT2D eigenvalue weighted by atomic mass is 16.6. The number of carboxylic acid groups (broad SMARTS) is 1. The van der Waals surface area contributed by atoms with Gasteiger partial charge in [-0.2, -0.15) is 0 Å². The molecule has 1 unspecified atom stereocenters. The highest BCUT2D eigenvalue weighted by Gasteiger charge is 2.28. The van der Waals surface area contributed by atoms with Crippen LogP contribution in [-0.4, -0.2) is 65.9 Å². The van der Waals surface area contributed by atoms with E-state index >= 15 is 0 Å². The lowest BCUT2D eigenvalue weighted by Gasteiger charge is -2.30. The highest BCUT2D eigenvalue weighted by Crippen LogP contribution is 2.20. The Hall–Kier alpha value is -2.16. The number of nitrogens with one attached hydrogen (secondary N) is 1. The van der Waals surface area contributed by atoms with Gasteiger partial charge in [0.25, 0.3) is 0 Å². The average molecular weight is 468 g/mol. The van der Waals surface area contributed by atoms with Gasteiger partial charge in [0.2, 0.25) is 0 Å². The molecule has 1 aromatic rings. The maximum Gasteiger partial charge on any atom is 0.408 e. The summed E-state index contributed by atoms with van der Waals surface area (Å²) in [6.07, 6.45) is -1.18. The number of aliphatic carboxylic acids is 1. The number of carbonyl (C=O) groups excluding carboxylic acids is 1. The van der Waals surface area contributed by atoms with Crippen molar-refractivity contribution in [1.82, 2.24) is 5.32 Å². The van der Waals surface area contributed by atoms with E-state index in [-0.39, 0.29) is 25.6 Å². The molecule has 0 aromatic heterocycles. The summed E-state index contributed by atoms with van der Waals surface area (Å²) in [7, 11) is 0. The number of aliphatic hydroxyl groups is 1. The van der Waals surface area contributed by atoms with Crippen molar-refractivity contribution in [1.29, 1.82) is 0 Å². The van der Waals surface area contributed by atoms with Crippen LogP contribution in [0.2, 0.25) is 0 Å². The largest absolute Gasteiger partial charge is 0.480 e. The molecule has 1 aromatic carbocycles. The maximum atomic E-state index is 11.9. The molecule has 8 heteroatoms. The lowest BCUT2D eigenvalue weighted by atomic mass is 9.91. The fourth-order valence-corrected chi connectivity index (χ4v) is 3.30. The van der Waals surface area contributed by atoms with E-state index in [1.165, 1.54) is 0 Å². The molecule has 0 bridgehead atoms. The van der Waals surface area contributed by atoms with Crippen molar-refractivity contribution in [2.45, 2.75) is 78.2 Å². The minimum absolute atomic E-state index is 0.0822. The second-order valence-electron chi connectivity index (χ2n) is 9.78. The zero-order valence-electron chi connectivity index (χ0n) is 20.7. The van der Waals surface area contributed by atoms with Crippen molar-refractivity contribution in [3.05, 3.63) is 35.9 Å². The number of alkyl carbamates (subject to hydrolysis) is 1. The van der Waals surface area contributed by atoms with E-state index in [2.05, 4.69) is 5.32 Å². The molecule has 1 rings (SSSR count). The van der Waals surface area contributed by atoms with Crippen molar-refractivity contribution in [3.63, 3.8) is 0 Å². The van der Waals surface area contributed by atoms with Gasteiger partial charge in [-0.05, 0) is 45.6 Å². The summed E-state index contributed by atoms with van der Waals surface area (Å²) < 4.78 is 17.0. The minimum atomic E-state index is -1.16. The third kappa shape index (κ3) is 12.6. The Bertz CT molecular complexity index is 700. The van der Waals surface area contributed by atoms with Gasteiger partial charge in [-0.15, -0.1) is 0 Å². The lowest BCUT2D eigenvalue weighted by Crippen LogP contribution is -2.44. The molecule has 1 amide bonds. The highest BCUT2D eigenvalue weighted by molar-refractivity contribution is 5.79. The molecule has 0 aliphatic rings. The van der Waals surface area contributed by atoms with Crippen molar-refractivity contribution in [2.75, 3.05) is 19.8 Å². The summed E-state index contributed by atoms with van der Waals surface area (Å²) in [5.74, 6) is -0.972. The van der Waals surface area contributed by atoms with Crippen molar-refractivity contribution in [2.24, 2.45) is 11.8 Å². The predicted molar refractivity (Wildman–Crippen MR) is 126 cm³/mol. The molecule has 4 atom stereocenters. The van der Waals surface area contributed by atoms with Gasteiger partial charge < -0.3 is 29.7 Å². The van der Waals surface area contributed by atoms with Crippen LogP contribution in [0.25, 0.3) is 0 Å². The van der Waals surface area contributed by atoms with Gasteiger partial charge in [-0.3, -0.25) is 0 Å². The van der Waals surface area contributed by atoms with Crippen LogP contribution in [0.15, 0.2) is 30.3 Å². The van der Waals surface area contributed by atoms with Gasteiger partial charge >= 0.3 is 12.1 Å². The van der Waals surface area contributed by atoms with Crippen LogP contribution in [0.1, 0.15) is 53.5 Å². The SMILES string of the molecule is CC(C)CO[C@H]([C@H](COCCC(NC(=O)OC(C)(C)C)C(=O)O)Cc1ccccc1)[C@H](C)O. The van der Waals surface area contributed by atoms with Crippen LogP contribution in [0.5, 0.6) is 0 Å². The summed E-state index contributed by atoms with van der Waals surface area (Å²) in [5.41, 5.74) is 0.375. The summed E-state index contributed by atoms with van der Waals surface area (Å²) in [5, 5.41) is 22.2. The smallest absolute Gasteiger partial charge is 0.408 e. The molecule has 0 heterocycles. The number of benzene rings is 1. The second kappa shape index (κ2) is 14.2. The maximum absolute atomic E-state index is 11.9. The number of aliphatic hydroxyl groups excluding tert-OH is 1.